The molecule has 1 saturated carbocycles. The molecule has 4 nitrogen and oxygen atoms in total. The largest absolute Gasteiger partial charge is 0.310 e. The summed E-state index contributed by atoms with van der Waals surface area (Å²) in [6, 6.07) is 4.91. The van der Waals surface area contributed by atoms with Gasteiger partial charge < -0.3 is 5.32 Å². The highest BCUT2D eigenvalue weighted by Crippen LogP contribution is 2.25. The summed E-state index contributed by atoms with van der Waals surface area (Å²) in [5, 5.41) is 3.31. The lowest BCUT2D eigenvalue weighted by molar-refractivity contribution is 0.469. The highest BCUT2D eigenvalue weighted by Gasteiger charge is 2.30. The van der Waals surface area contributed by atoms with E-state index in [-0.39, 0.29) is 4.90 Å². The van der Waals surface area contributed by atoms with Crippen LogP contribution in [0, 0.1) is 5.82 Å². The summed E-state index contributed by atoms with van der Waals surface area (Å²) < 4.78 is 40.1. The number of nitrogens with zero attached hydrogens (tertiary/aromatic N) is 1. The molecule has 3 rings (SSSR count). The van der Waals surface area contributed by atoms with Crippen LogP contribution in [0.25, 0.3) is 0 Å². The van der Waals surface area contributed by atoms with E-state index < -0.39 is 15.8 Å². The second-order valence-electron chi connectivity index (χ2n) is 5.53. The molecule has 1 aliphatic heterocycles. The predicted octanol–water partition coefficient (Wildman–Crippen LogP) is 1.86. The average molecular weight is 298 g/mol. The fraction of sp³-hybridized carbons (Fsp3) is 0.571. The van der Waals surface area contributed by atoms with E-state index in [1.54, 1.807) is 6.07 Å². The van der Waals surface area contributed by atoms with Crippen LogP contribution in [0.2, 0.25) is 0 Å². The first-order valence-corrected chi connectivity index (χ1v) is 8.53. The number of hydrogen-bond acceptors (Lipinski definition) is 3. The summed E-state index contributed by atoms with van der Waals surface area (Å²) in [6.45, 7) is 1.58. The van der Waals surface area contributed by atoms with Crippen molar-refractivity contribution in [1.82, 2.24) is 9.62 Å². The zero-order valence-electron chi connectivity index (χ0n) is 11.3. The summed E-state index contributed by atoms with van der Waals surface area (Å²) in [5.41, 5.74) is 0.816. The van der Waals surface area contributed by atoms with Gasteiger partial charge in [0.25, 0.3) is 0 Å². The minimum atomic E-state index is -3.68. The number of sulfonamides is 1. The third-order valence-corrected chi connectivity index (χ3v) is 5.76. The van der Waals surface area contributed by atoms with Gasteiger partial charge in [-0.1, -0.05) is 6.07 Å². The molecule has 0 aromatic heterocycles. The summed E-state index contributed by atoms with van der Waals surface area (Å²) >= 11 is 0. The molecular weight excluding hydrogens is 279 g/mol. The minimum Gasteiger partial charge on any atom is -0.310 e. The molecule has 2 aliphatic rings. The van der Waals surface area contributed by atoms with Gasteiger partial charge >= 0.3 is 0 Å². The van der Waals surface area contributed by atoms with Gasteiger partial charge in [-0.15, -0.1) is 0 Å². The first-order chi connectivity index (χ1) is 9.57. The molecule has 1 saturated heterocycles. The molecule has 0 bridgehead atoms. The lowest BCUT2D eigenvalue weighted by atomic mass is 10.2. The van der Waals surface area contributed by atoms with Gasteiger partial charge in [-0.25, -0.2) is 12.8 Å². The zero-order valence-corrected chi connectivity index (χ0v) is 12.1. The fourth-order valence-corrected chi connectivity index (χ4v) is 4.10. The summed E-state index contributed by atoms with van der Waals surface area (Å²) in [5.74, 6) is -0.660. The second kappa shape index (κ2) is 5.42. The van der Waals surface area contributed by atoms with Crippen LogP contribution in [0.4, 0.5) is 4.39 Å². The molecule has 110 valence electrons. The van der Waals surface area contributed by atoms with Gasteiger partial charge in [0.2, 0.25) is 10.0 Å². The Bertz CT molecular complexity index is 593. The lowest BCUT2D eigenvalue weighted by Gasteiger charge is -2.16. The van der Waals surface area contributed by atoms with Crippen molar-refractivity contribution in [2.24, 2.45) is 0 Å². The van der Waals surface area contributed by atoms with Gasteiger partial charge in [0.15, 0.2) is 0 Å². The van der Waals surface area contributed by atoms with Crippen LogP contribution in [0.1, 0.15) is 31.2 Å². The maximum Gasteiger partial charge on any atom is 0.245 e. The van der Waals surface area contributed by atoms with Crippen molar-refractivity contribution in [3.05, 3.63) is 29.6 Å². The smallest absolute Gasteiger partial charge is 0.245 e. The van der Waals surface area contributed by atoms with E-state index in [2.05, 4.69) is 5.32 Å². The molecule has 0 atom stereocenters. The van der Waals surface area contributed by atoms with Crippen LogP contribution in [0.3, 0.4) is 0 Å². The van der Waals surface area contributed by atoms with Crippen molar-refractivity contribution < 1.29 is 12.8 Å². The van der Waals surface area contributed by atoms with Crippen LogP contribution < -0.4 is 5.32 Å². The van der Waals surface area contributed by atoms with Gasteiger partial charge in [-0.2, -0.15) is 4.31 Å². The van der Waals surface area contributed by atoms with Gasteiger partial charge in [0, 0.05) is 25.7 Å². The van der Waals surface area contributed by atoms with Crippen molar-refractivity contribution in [2.75, 3.05) is 13.1 Å². The molecule has 6 heteroatoms. The minimum absolute atomic E-state index is 0.186. The molecule has 0 unspecified atom stereocenters. The van der Waals surface area contributed by atoms with Gasteiger partial charge in [-0.3, -0.25) is 0 Å². The maximum absolute atomic E-state index is 13.9. The van der Waals surface area contributed by atoms with Crippen molar-refractivity contribution in [3.8, 4) is 0 Å². The van der Waals surface area contributed by atoms with Crippen molar-refractivity contribution in [2.45, 2.75) is 43.2 Å². The Hall–Kier alpha value is -0.980. The fourth-order valence-electron chi connectivity index (χ4n) is 2.47. The standard InChI is InChI=1S/C14H19FN2O2S/c15-13-6-3-11(10-16-12-4-5-12)9-14(13)20(18,19)17-7-1-2-8-17/h3,6,9,12,16H,1-2,4-5,7-8,10H2. The molecule has 0 spiro atoms. The van der Waals surface area contributed by atoms with E-state index in [9.17, 15) is 12.8 Å². The number of halogens is 1. The molecule has 20 heavy (non-hydrogen) atoms. The molecule has 1 aromatic rings. The third-order valence-electron chi connectivity index (χ3n) is 3.85. The molecule has 1 heterocycles. The van der Waals surface area contributed by atoms with Crippen molar-refractivity contribution >= 4 is 10.0 Å². The van der Waals surface area contributed by atoms with E-state index in [0.29, 0.717) is 25.7 Å². The zero-order chi connectivity index (χ0) is 14.2. The number of nitrogens with one attached hydrogen (secondary N) is 1. The Labute approximate surface area is 119 Å². The Balaban J connectivity index is 1.84. The monoisotopic (exact) mass is 298 g/mol. The Morgan fingerprint density at radius 2 is 1.95 bits per heavy atom. The topological polar surface area (TPSA) is 49.4 Å². The third kappa shape index (κ3) is 2.87. The summed E-state index contributed by atoms with van der Waals surface area (Å²) in [6.07, 6.45) is 4.04. The molecule has 0 radical (unpaired) electrons. The van der Waals surface area contributed by atoms with E-state index in [1.807, 2.05) is 0 Å². The highest BCUT2D eigenvalue weighted by atomic mass is 32.2. The molecule has 1 aromatic carbocycles. The number of hydrogen-bond donors (Lipinski definition) is 1. The van der Waals surface area contributed by atoms with E-state index in [4.69, 9.17) is 0 Å². The van der Waals surface area contributed by atoms with Gasteiger partial charge in [0.05, 0.1) is 0 Å². The van der Waals surface area contributed by atoms with Crippen LogP contribution in [0.5, 0.6) is 0 Å². The average Bonchev–Trinajstić information content (AvgIpc) is 3.08. The normalized spacial score (nSPS) is 20.4. The number of benzene rings is 1. The summed E-state index contributed by atoms with van der Waals surface area (Å²) in [4.78, 5) is -0.186. The van der Waals surface area contributed by atoms with Crippen LogP contribution >= 0.6 is 0 Å². The highest BCUT2D eigenvalue weighted by molar-refractivity contribution is 7.89. The molecule has 2 fully saturated rings. The first kappa shape index (κ1) is 14.0. The van der Waals surface area contributed by atoms with Crippen molar-refractivity contribution in [1.29, 1.82) is 0 Å². The van der Waals surface area contributed by atoms with Crippen LogP contribution in [-0.4, -0.2) is 31.9 Å². The van der Waals surface area contributed by atoms with Gasteiger partial charge in [0.1, 0.15) is 10.7 Å². The number of rotatable bonds is 5. The Morgan fingerprint density at radius 1 is 1.25 bits per heavy atom. The quantitative estimate of drug-likeness (QED) is 0.903. The molecule has 1 aliphatic carbocycles. The van der Waals surface area contributed by atoms with E-state index in [0.717, 1.165) is 18.4 Å². The lowest BCUT2D eigenvalue weighted by Crippen LogP contribution is -2.28. The van der Waals surface area contributed by atoms with E-state index in [1.165, 1.54) is 29.3 Å². The maximum atomic E-state index is 13.9. The van der Waals surface area contributed by atoms with Crippen LogP contribution in [0.15, 0.2) is 23.1 Å². The molecule has 1 N–H and O–H groups in total. The van der Waals surface area contributed by atoms with Gasteiger partial charge in [-0.05, 0) is 43.4 Å². The summed E-state index contributed by atoms with van der Waals surface area (Å²) in [7, 11) is -3.68. The molecular formula is C14H19FN2O2S. The SMILES string of the molecule is O=S(=O)(c1cc(CNC2CC2)ccc1F)N1CCCC1. The Kier molecular flexibility index (Phi) is 3.79. The second-order valence-corrected chi connectivity index (χ2v) is 7.44. The van der Waals surface area contributed by atoms with Crippen molar-refractivity contribution in [3.63, 3.8) is 0 Å². The Morgan fingerprint density at radius 3 is 2.60 bits per heavy atom. The first-order valence-electron chi connectivity index (χ1n) is 7.09. The molecule has 0 amide bonds. The van der Waals surface area contributed by atoms with E-state index >= 15 is 0 Å². The predicted molar refractivity (Wildman–Crippen MR) is 74.3 cm³/mol. The van der Waals surface area contributed by atoms with Crippen LogP contribution in [-0.2, 0) is 16.6 Å².